The number of aromatic nitrogens is 1. The molecule has 1 heterocycles. The number of H-pyrrole nitrogens is 1. The highest BCUT2D eigenvalue weighted by Crippen LogP contribution is 2.25. The summed E-state index contributed by atoms with van der Waals surface area (Å²) < 4.78 is 40.7. The Bertz CT molecular complexity index is 1060. The number of pyridine rings is 1. The number of alkyl halides is 3. The van der Waals surface area contributed by atoms with Crippen LogP contribution in [0.1, 0.15) is 15.9 Å². The molecule has 1 aromatic heterocycles. The zero-order chi connectivity index (χ0) is 20.3. The summed E-state index contributed by atoms with van der Waals surface area (Å²) in [5.74, 6) is -1.23. The van der Waals surface area contributed by atoms with E-state index >= 15 is 0 Å². The molecule has 2 aromatic carbocycles. The highest BCUT2D eigenvalue weighted by Gasteiger charge is 2.31. The van der Waals surface area contributed by atoms with E-state index in [-0.39, 0.29) is 11.3 Å². The Morgan fingerprint density at radius 3 is 2.39 bits per heavy atom. The minimum Gasteiger partial charge on any atom is -0.406 e. The third kappa shape index (κ3) is 4.79. The number of hydrogen-bond donors (Lipinski definition) is 2. The maximum Gasteiger partial charge on any atom is 0.573 e. The molecular weight excluding hydrogens is 373 g/mol. The lowest BCUT2D eigenvalue weighted by Gasteiger charge is -2.11. The largest absolute Gasteiger partial charge is 0.573 e. The Balaban J connectivity index is 1.79. The molecule has 1 amide bonds. The predicted molar refractivity (Wildman–Crippen MR) is 98.3 cm³/mol. The van der Waals surface area contributed by atoms with Crippen molar-refractivity contribution >= 4 is 11.6 Å². The molecule has 0 fully saturated rings. The number of aryl methyl sites for hydroxylation is 1. The predicted octanol–water partition coefficient (Wildman–Crippen LogP) is 4.50. The Hall–Kier alpha value is -3.55. The fourth-order valence-corrected chi connectivity index (χ4v) is 2.52. The summed E-state index contributed by atoms with van der Waals surface area (Å²) in [6, 6.07) is 15.2. The van der Waals surface area contributed by atoms with Gasteiger partial charge < -0.3 is 15.0 Å². The lowest BCUT2D eigenvalue weighted by atomic mass is 10.1. The van der Waals surface area contributed by atoms with Gasteiger partial charge in [0.1, 0.15) is 11.3 Å². The Labute approximate surface area is 157 Å². The molecule has 8 heteroatoms. The smallest absolute Gasteiger partial charge is 0.406 e. The van der Waals surface area contributed by atoms with Crippen molar-refractivity contribution in [2.24, 2.45) is 0 Å². The number of amides is 1. The van der Waals surface area contributed by atoms with Gasteiger partial charge in [0.05, 0.1) is 0 Å². The van der Waals surface area contributed by atoms with Crippen LogP contribution in [0.4, 0.5) is 18.9 Å². The van der Waals surface area contributed by atoms with Crippen molar-refractivity contribution < 1.29 is 22.7 Å². The second-order valence-electron chi connectivity index (χ2n) is 6.01. The van der Waals surface area contributed by atoms with Gasteiger partial charge in [0, 0.05) is 17.4 Å². The highest BCUT2D eigenvalue weighted by molar-refractivity contribution is 6.04. The van der Waals surface area contributed by atoms with Gasteiger partial charge in [-0.1, -0.05) is 35.9 Å². The second-order valence-corrected chi connectivity index (χ2v) is 6.01. The molecule has 0 atom stereocenters. The zero-order valence-corrected chi connectivity index (χ0v) is 14.6. The van der Waals surface area contributed by atoms with Gasteiger partial charge >= 0.3 is 6.36 Å². The number of anilines is 1. The molecule has 0 aliphatic carbocycles. The molecule has 0 radical (unpaired) electrons. The van der Waals surface area contributed by atoms with Crippen LogP contribution in [0.3, 0.4) is 0 Å². The summed E-state index contributed by atoms with van der Waals surface area (Å²) in [5, 5.41) is 2.39. The van der Waals surface area contributed by atoms with Crippen molar-refractivity contribution in [2.45, 2.75) is 13.3 Å². The fourth-order valence-electron chi connectivity index (χ4n) is 2.52. The van der Waals surface area contributed by atoms with Gasteiger partial charge in [0.25, 0.3) is 11.5 Å². The van der Waals surface area contributed by atoms with Crippen LogP contribution in [0.2, 0.25) is 0 Å². The van der Waals surface area contributed by atoms with E-state index in [1.54, 1.807) is 6.07 Å². The fraction of sp³-hybridized carbons (Fsp3) is 0.100. The second kappa shape index (κ2) is 7.59. The van der Waals surface area contributed by atoms with Crippen molar-refractivity contribution in [3.05, 3.63) is 82.1 Å². The molecule has 0 unspecified atom stereocenters. The molecule has 0 bridgehead atoms. The van der Waals surface area contributed by atoms with E-state index in [0.29, 0.717) is 5.69 Å². The summed E-state index contributed by atoms with van der Waals surface area (Å²) in [5.41, 5.74) is 1.68. The Morgan fingerprint density at radius 2 is 1.75 bits per heavy atom. The number of nitrogens with one attached hydrogen (secondary N) is 2. The maximum absolute atomic E-state index is 12.3. The highest BCUT2D eigenvalue weighted by atomic mass is 19.4. The molecular formula is C20H15F3N2O3. The van der Waals surface area contributed by atoms with Crippen LogP contribution in [0.25, 0.3) is 11.3 Å². The number of aromatic amines is 1. The van der Waals surface area contributed by atoms with E-state index in [9.17, 15) is 22.8 Å². The zero-order valence-electron chi connectivity index (χ0n) is 14.6. The molecule has 0 saturated heterocycles. The van der Waals surface area contributed by atoms with E-state index in [0.717, 1.165) is 23.3 Å². The number of benzene rings is 2. The van der Waals surface area contributed by atoms with Crippen LogP contribution < -0.4 is 15.6 Å². The van der Waals surface area contributed by atoms with Crippen molar-refractivity contribution in [1.29, 1.82) is 0 Å². The quantitative estimate of drug-likeness (QED) is 0.691. The standard InChI is InChI=1S/C20H15F3N2O3/c1-12-5-7-13(8-6-12)17-10-9-16(19(27)25-17)18(26)24-14-3-2-4-15(11-14)28-20(21,22)23/h2-11H,1H3,(H,24,26)(H,25,27). The molecule has 0 aliphatic rings. The van der Waals surface area contributed by atoms with Gasteiger partial charge in [-0.2, -0.15) is 0 Å². The first kappa shape index (κ1) is 19.2. The molecule has 144 valence electrons. The molecule has 3 rings (SSSR count). The normalized spacial score (nSPS) is 11.1. The maximum atomic E-state index is 12.3. The van der Waals surface area contributed by atoms with Crippen molar-refractivity contribution in [1.82, 2.24) is 4.98 Å². The van der Waals surface area contributed by atoms with E-state index in [1.807, 2.05) is 31.2 Å². The average Bonchev–Trinajstić information content (AvgIpc) is 2.61. The molecule has 3 aromatic rings. The van der Waals surface area contributed by atoms with E-state index in [4.69, 9.17) is 0 Å². The number of carbonyl (C=O) groups excluding carboxylic acids is 1. The van der Waals surface area contributed by atoms with E-state index < -0.39 is 23.6 Å². The number of hydrogen-bond acceptors (Lipinski definition) is 3. The van der Waals surface area contributed by atoms with Crippen molar-refractivity contribution in [3.8, 4) is 17.0 Å². The van der Waals surface area contributed by atoms with E-state index in [1.165, 1.54) is 18.2 Å². The van der Waals surface area contributed by atoms with Gasteiger partial charge in [0.2, 0.25) is 0 Å². The minimum absolute atomic E-state index is 0.0637. The molecule has 0 aliphatic heterocycles. The minimum atomic E-state index is -4.84. The number of carbonyl (C=O) groups is 1. The van der Waals surface area contributed by atoms with Gasteiger partial charge in [-0.25, -0.2) is 0 Å². The average molecular weight is 388 g/mol. The number of ether oxygens (including phenoxy) is 1. The third-order valence-electron chi connectivity index (χ3n) is 3.84. The molecule has 28 heavy (non-hydrogen) atoms. The van der Waals surface area contributed by atoms with Gasteiger partial charge in [-0.15, -0.1) is 13.2 Å². The van der Waals surface area contributed by atoms with Gasteiger partial charge in [0.15, 0.2) is 0 Å². The van der Waals surface area contributed by atoms with E-state index in [2.05, 4.69) is 15.0 Å². The lowest BCUT2D eigenvalue weighted by molar-refractivity contribution is -0.274. The van der Waals surface area contributed by atoms with Crippen LogP contribution in [-0.2, 0) is 0 Å². The lowest BCUT2D eigenvalue weighted by Crippen LogP contribution is -2.23. The molecule has 5 nitrogen and oxygen atoms in total. The Kier molecular flexibility index (Phi) is 5.21. The molecule has 0 spiro atoms. The third-order valence-corrected chi connectivity index (χ3v) is 3.84. The van der Waals surface area contributed by atoms with Crippen molar-refractivity contribution in [2.75, 3.05) is 5.32 Å². The van der Waals surface area contributed by atoms with Crippen LogP contribution >= 0.6 is 0 Å². The monoisotopic (exact) mass is 388 g/mol. The van der Waals surface area contributed by atoms with Gasteiger partial charge in [-0.3, -0.25) is 9.59 Å². The SMILES string of the molecule is Cc1ccc(-c2ccc(C(=O)Nc3cccc(OC(F)(F)F)c3)c(=O)[nH]2)cc1. The number of rotatable bonds is 4. The van der Waals surface area contributed by atoms with Crippen LogP contribution in [-0.4, -0.2) is 17.3 Å². The van der Waals surface area contributed by atoms with Crippen LogP contribution in [0, 0.1) is 6.92 Å². The number of halogens is 3. The first-order valence-corrected chi connectivity index (χ1v) is 8.19. The topological polar surface area (TPSA) is 71.2 Å². The summed E-state index contributed by atoms with van der Waals surface area (Å²) >= 11 is 0. The summed E-state index contributed by atoms with van der Waals surface area (Å²) in [4.78, 5) is 27.2. The van der Waals surface area contributed by atoms with Crippen LogP contribution in [0.15, 0.2) is 65.5 Å². The van der Waals surface area contributed by atoms with Gasteiger partial charge in [-0.05, 0) is 36.8 Å². The molecule has 2 N–H and O–H groups in total. The first-order chi connectivity index (χ1) is 13.2. The first-order valence-electron chi connectivity index (χ1n) is 8.19. The molecule has 0 saturated carbocycles. The Morgan fingerprint density at radius 1 is 1.04 bits per heavy atom. The summed E-state index contributed by atoms with van der Waals surface area (Å²) in [6.07, 6.45) is -4.84. The summed E-state index contributed by atoms with van der Waals surface area (Å²) in [6.45, 7) is 1.94. The van der Waals surface area contributed by atoms with Crippen LogP contribution in [0.5, 0.6) is 5.75 Å². The van der Waals surface area contributed by atoms with Crippen molar-refractivity contribution in [3.63, 3.8) is 0 Å². The summed E-state index contributed by atoms with van der Waals surface area (Å²) in [7, 11) is 0.